The molecule has 1 aliphatic rings. The van der Waals surface area contributed by atoms with E-state index < -0.39 is 15.9 Å². The number of hydrogen-bond donors (Lipinski definition) is 1. The highest BCUT2D eigenvalue weighted by Gasteiger charge is 2.33. The number of nitrogens with zero attached hydrogens (tertiary/aromatic N) is 3. The van der Waals surface area contributed by atoms with Crippen molar-refractivity contribution in [3.63, 3.8) is 0 Å². The predicted octanol–water partition coefficient (Wildman–Crippen LogP) is 3.88. The third-order valence-corrected chi connectivity index (χ3v) is 7.94. The molecule has 3 heterocycles. The fourth-order valence-electron chi connectivity index (χ4n) is 4.00. The maximum Gasteiger partial charge on any atom is 0.256 e. The first kappa shape index (κ1) is 24.6. The number of aromatic nitrogens is 2. The van der Waals surface area contributed by atoms with Crippen LogP contribution in [0.15, 0.2) is 66.0 Å². The van der Waals surface area contributed by atoms with Crippen molar-refractivity contribution < 1.29 is 22.7 Å². The van der Waals surface area contributed by atoms with Gasteiger partial charge in [-0.1, -0.05) is 6.42 Å². The molecule has 184 valence electrons. The molecule has 0 radical (unpaired) electrons. The maximum atomic E-state index is 13.5. The Kier molecular flexibility index (Phi) is 7.62. The second-order valence-electron chi connectivity index (χ2n) is 8.27. The van der Waals surface area contributed by atoms with E-state index in [4.69, 9.17) is 9.47 Å². The lowest BCUT2D eigenvalue weighted by Crippen LogP contribution is -2.42. The predicted molar refractivity (Wildman–Crippen MR) is 131 cm³/mol. The molecule has 1 aromatic carbocycles. The topological polar surface area (TPSA) is 111 Å². The number of rotatable bonds is 8. The largest absolute Gasteiger partial charge is 0.495 e. The molecule has 0 bridgehead atoms. The summed E-state index contributed by atoms with van der Waals surface area (Å²) in [5.74, 6) is 0.305. The van der Waals surface area contributed by atoms with Crippen LogP contribution in [-0.2, 0) is 16.6 Å². The summed E-state index contributed by atoms with van der Waals surface area (Å²) < 4.78 is 39.6. The molecule has 1 aliphatic heterocycles. The van der Waals surface area contributed by atoms with Crippen LogP contribution in [-0.4, -0.2) is 48.3 Å². The SMILES string of the molecule is COc1ccc(C(=O)Nc2ncccc2OCc2ccncc2)cc1S(=O)(=O)N1CCCCC1C. The summed E-state index contributed by atoms with van der Waals surface area (Å²) in [5, 5.41) is 2.73. The van der Waals surface area contributed by atoms with E-state index in [1.54, 1.807) is 24.5 Å². The van der Waals surface area contributed by atoms with E-state index in [9.17, 15) is 13.2 Å². The molecule has 35 heavy (non-hydrogen) atoms. The Hall–Kier alpha value is -3.50. The second kappa shape index (κ2) is 10.8. The van der Waals surface area contributed by atoms with Crippen LogP contribution in [0.4, 0.5) is 5.82 Å². The number of methoxy groups -OCH3 is 1. The van der Waals surface area contributed by atoms with Gasteiger partial charge in [0.1, 0.15) is 17.3 Å². The number of carbonyl (C=O) groups excluding carboxylic acids is 1. The van der Waals surface area contributed by atoms with E-state index in [-0.39, 0.29) is 34.7 Å². The van der Waals surface area contributed by atoms with Crippen LogP contribution in [0.5, 0.6) is 11.5 Å². The molecule has 4 rings (SSSR count). The number of pyridine rings is 2. The van der Waals surface area contributed by atoms with Crippen LogP contribution in [0.2, 0.25) is 0 Å². The summed E-state index contributed by atoms with van der Waals surface area (Å²) in [5.41, 5.74) is 1.08. The van der Waals surface area contributed by atoms with Gasteiger partial charge in [0.15, 0.2) is 11.6 Å². The molecule has 1 fully saturated rings. The van der Waals surface area contributed by atoms with Gasteiger partial charge in [-0.2, -0.15) is 4.31 Å². The number of ether oxygens (including phenoxy) is 2. The number of amides is 1. The molecule has 3 aromatic rings. The van der Waals surface area contributed by atoms with Crippen molar-refractivity contribution >= 4 is 21.7 Å². The third-order valence-electron chi connectivity index (χ3n) is 5.90. The molecular weight excluding hydrogens is 468 g/mol. The molecular formula is C25H28N4O5S. The Morgan fingerprint density at radius 2 is 1.91 bits per heavy atom. The fourth-order valence-corrected chi connectivity index (χ4v) is 5.88. The summed E-state index contributed by atoms with van der Waals surface area (Å²) in [6.07, 6.45) is 7.46. The number of benzene rings is 1. The monoisotopic (exact) mass is 496 g/mol. The van der Waals surface area contributed by atoms with Crippen molar-refractivity contribution in [3.05, 3.63) is 72.2 Å². The van der Waals surface area contributed by atoms with E-state index in [1.807, 2.05) is 19.1 Å². The first-order valence-electron chi connectivity index (χ1n) is 11.4. The first-order chi connectivity index (χ1) is 16.9. The minimum absolute atomic E-state index is 0.0309. The molecule has 0 saturated carbocycles. The number of carbonyl (C=O) groups is 1. The summed E-state index contributed by atoms with van der Waals surface area (Å²) in [6, 6.07) is 11.3. The van der Waals surface area contributed by atoms with Crippen molar-refractivity contribution in [2.24, 2.45) is 0 Å². The number of piperidine rings is 1. The van der Waals surface area contributed by atoms with E-state index in [0.29, 0.717) is 12.3 Å². The van der Waals surface area contributed by atoms with Crippen molar-refractivity contribution in [1.29, 1.82) is 0 Å². The van der Waals surface area contributed by atoms with Crippen molar-refractivity contribution in [3.8, 4) is 11.5 Å². The highest BCUT2D eigenvalue weighted by Crippen LogP contribution is 2.32. The second-order valence-corrected chi connectivity index (χ2v) is 10.1. The van der Waals surface area contributed by atoms with Gasteiger partial charge in [0, 0.05) is 36.7 Å². The van der Waals surface area contributed by atoms with Gasteiger partial charge < -0.3 is 14.8 Å². The van der Waals surface area contributed by atoms with E-state index in [2.05, 4.69) is 15.3 Å². The van der Waals surface area contributed by atoms with Gasteiger partial charge in [0.2, 0.25) is 10.0 Å². The van der Waals surface area contributed by atoms with Gasteiger partial charge >= 0.3 is 0 Å². The number of hydrogen-bond acceptors (Lipinski definition) is 7. The van der Waals surface area contributed by atoms with Gasteiger partial charge in [-0.05, 0) is 67.8 Å². The fraction of sp³-hybridized carbons (Fsp3) is 0.320. The Bertz CT molecular complexity index is 1280. The Labute approximate surface area is 205 Å². The van der Waals surface area contributed by atoms with E-state index in [1.165, 1.54) is 35.8 Å². The molecule has 0 aliphatic carbocycles. The van der Waals surface area contributed by atoms with E-state index >= 15 is 0 Å². The molecule has 1 N–H and O–H groups in total. The van der Waals surface area contributed by atoms with Crippen LogP contribution in [0.3, 0.4) is 0 Å². The van der Waals surface area contributed by atoms with Crippen molar-refractivity contribution in [1.82, 2.24) is 14.3 Å². The third kappa shape index (κ3) is 5.60. The minimum Gasteiger partial charge on any atom is -0.495 e. The van der Waals surface area contributed by atoms with E-state index in [0.717, 1.165) is 24.8 Å². The smallest absolute Gasteiger partial charge is 0.256 e. The molecule has 0 spiro atoms. The minimum atomic E-state index is -3.85. The Balaban J connectivity index is 1.57. The normalized spacial score (nSPS) is 16.5. The zero-order valence-corrected chi connectivity index (χ0v) is 20.5. The lowest BCUT2D eigenvalue weighted by molar-refractivity contribution is 0.102. The number of nitrogens with one attached hydrogen (secondary N) is 1. The average molecular weight is 497 g/mol. The van der Waals surface area contributed by atoms with Crippen LogP contribution < -0.4 is 14.8 Å². The molecule has 2 aromatic heterocycles. The number of sulfonamides is 1. The van der Waals surface area contributed by atoms with Crippen molar-refractivity contribution in [2.75, 3.05) is 19.0 Å². The van der Waals surface area contributed by atoms with Gasteiger partial charge in [-0.15, -0.1) is 0 Å². The van der Waals surface area contributed by atoms with Gasteiger partial charge in [0.05, 0.1) is 7.11 Å². The molecule has 1 unspecified atom stereocenters. The molecule has 9 nitrogen and oxygen atoms in total. The zero-order chi connectivity index (χ0) is 24.8. The Morgan fingerprint density at radius 1 is 1.11 bits per heavy atom. The van der Waals surface area contributed by atoms with Crippen LogP contribution >= 0.6 is 0 Å². The summed E-state index contributed by atoms with van der Waals surface area (Å²) in [7, 11) is -2.44. The van der Waals surface area contributed by atoms with Crippen LogP contribution in [0, 0.1) is 0 Å². The average Bonchev–Trinajstić information content (AvgIpc) is 2.88. The highest BCUT2D eigenvalue weighted by atomic mass is 32.2. The zero-order valence-electron chi connectivity index (χ0n) is 19.7. The van der Waals surface area contributed by atoms with Gasteiger partial charge in [0.25, 0.3) is 5.91 Å². The van der Waals surface area contributed by atoms with Crippen LogP contribution in [0.25, 0.3) is 0 Å². The number of anilines is 1. The molecule has 1 amide bonds. The summed E-state index contributed by atoms with van der Waals surface area (Å²) >= 11 is 0. The highest BCUT2D eigenvalue weighted by molar-refractivity contribution is 7.89. The molecule has 1 atom stereocenters. The molecule has 10 heteroatoms. The summed E-state index contributed by atoms with van der Waals surface area (Å²) in [4.78, 5) is 21.3. The standard InChI is InChI=1S/C25H28N4O5S/c1-18-6-3-4-15-29(18)35(31,32)23-16-20(8-9-21(23)33-2)25(30)28-24-22(7-5-12-27-24)34-17-19-10-13-26-14-11-19/h5,7-14,16,18H,3-4,6,15,17H2,1-2H3,(H,27,28,30). The van der Waals surface area contributed by atoms with Crippen molar-refractivity contribution in [2.45, 2.75) is 43.7 Å². The maximum absolute atomic E-state index is 13.5. The van der Waals surface area contributed by atoms with Crippen LogP contribution in [0.1, 0.15) is 42.1 Å². The summed E-state index contributed by atoms with van der Waals surface area (Å²) in [6.45, 7) is 2.61. The Morgan fingerprint density at radius 3 is 2.66 bits per heavy atom. The quantitative estimate of drug-likeness (QED) is 0.504. The van der Waals surface area contributed by atoms with Gasteiger partial charge in [-0.25, -0.2) is 13.4 Å². The van der Waals surface area contributed by atoms with Gasteiger partial charge in [-0.3, -0.25) is 9.78 Å². The lowest BCUT2D eigenvalue weighted by atomic mass is 10.1. The lowest BCUT2D eigenvalue weighted by Gasteiger charge is -2.32. The molecule has 1 saturated heterocycles. The first-order valence-corrected chi connectivity index (χ1v) is 12.8.